The van der Waals surface area contributed by atoms with Gasteiger partial charge in [0.25, 0.3) is 0 Å². The number of rotatable bonds is 8. The Morgan fingerprint density at radius 3 is 2.43 bits per heavy atom. The van der Waals surface area contributed by atoms with Crippen molar-refractivity contribution in [1.29, 1.82) is 0 Å². The summed E-state index contributed by atoms with van der Waals surface area (Å²) in [6.45, 7) is 0.246. The highest BCUT2D eigenvalue weighted by Gasteiger charge is 2.41. The van der Waals surface area contributed by atoms with Crippen molar-refractivity contribution >= 4 is 40.8 Å². The molecule has 0 amide bonds. The Bertz CT molecular complexity index is 1490. The first-order valence-electron chi connectivity index (χ1n) is 12.1. The Kier molecular flexibility index (Phi) is 6.39. The standard InChI is InChI=1S/C29H22Cl3NO4/c30-23-5-2-6-24(31)26(23)27-22(28(37-33-27)15-7-8-15)14-36-18-9-10-19(25(32)12-18)21-13-20(21)16-3-1-4-17(11-16)29(34)35/h1-6,9-12,15,20-21H,7-8,13-14H2,(H,34,35)/t20-,21-/m1/s1. The zero-order chi connectivity index (χ0) is 25.7. The number of benzene rings is 3. The fourth-order valence-corrected chi connectivity index (χ4v) is 5.80. The van der Waals surface area contributed by atoms with Crippen molar-refractivity contribution in [2.45, 2.75) is 43.6 Å². The lowest BCUT2D eigenvalue weighted by Crippen LogP contribution is -2.00. The minimum absolute atomic E-state index is 0.246. The molecule has 4 aromatic rings. The van der Waals surface area contributed by atoms with Gasteiger partial charge in [0.15, 0.2) is 0 Å². The van der Waals surface area contributed by atoms with E-state index in [0.717, 1.165) is 41.7 Å². The number of nitrogens with zero attached hydrogens (tertiary/aromatic N) is 1. The number of hydrogen-bond acceptors (Lipinski definition) is 4. The fourth-order valence-electron chi connectivity index (χ4n) is 4.91. The molecule has 188 valence electrons. The van der Waals surface area contributed by atoms with Crippen LogP contribution in [-0.2, 0) is 6.61 Å². The van der Waals surface area contributed by atoms with E-state index in [9.17, 15) is 9.90 Å². The van der Waals surface area contributed by atoms with Gasteiger partial charge in [-0.2, -0.15) is 0 Å². The van der Waals surface area contributed by atoms with E-state index in [0.29, 0.717) is 43.6 Å². The van der Waals surface area contributed by atoms with E-state index < -0.39 is 5.97 Å². The number of carbonyl (C=O) groups is 1. The van der Waals surface area contributed by atoms with Crippen molar-refractivity contribution in [3.8, 4) is 17.0 Å². The number of aromatic carboxylic acids is 1. The van der Waals surface area contributed by atoms with Crippen molar-refractivity contribution in [3.63, 3.8) is 0 Å². The molecule has 0 spiro atoms. The summed E-state index contributed by atoms with van der Waals surface area (Å²) in [6, 6.07) is 18.2. The normalized spacial score (nSPS) is 18.6. The van der Waals surface area contributed by atoms with Crippen LogP contribution in [-0.4, -0.2) is 16.2 Å². The summed E-state index contributed by atoms with van der Waals surface area (Å²) in [5.41, 5.74) is 4.44. The minimum Gasteiger partial charge on any atom is -0.489 e. The van der Waals surface area contributed by atoms with Crippen molar-refractivity contribution in [2.75, 3.05) is 0 Å². The third kappa shape index (κ3) is 4.84. The van der Waals surface area contributed by atoms with Crippen LogP contribution in [0.5, 0.6) is 5.75 Å². The Labute approximate surface area is 228 Å². The molecule has 0 radical (unpaired) electrons. The summed E-state index contributed by atoms with van der Waals surface area (Å²) in [4.78, 5) is 11.3. The highest BCUT2D eigenvalue weighted by atomic mass is 35.5. The highest BCUT2D eigenvalue weighted by molar-refractivity contribution is 6.39. The summed E-state index contributed by atoms with van der Waals surface area (Å²) >= 11 is 19.6. The lowest BCUT2D eigenvalue weighted by molar-refractivity contribution is 0.0696. The van der Waals surface area contributed by atoms with Crippen LogP contribution in [0.3, 0.4) is 0 Å². The van der Waals surface area contributed by atoms with Crippen LogP contribution in [0, 0.1) is 0 Å². The molecule has 2 saturated carbocycles. The van der Waals surface area contributed by atoms with Gasteiger partial charge in [-0.05, 0) is 78.6 Å². The van der Waals surface area contributed by atoms with E-state index in [4.69, 9.17) is 44.1 Å². The van der Waals surface area contributed by atoms with E-state index in [-0.39, 0.29) is 18.4 Å². The molecule has 2 atom stereocenters. The van der Waals surface area contributed by atoms with Gasteiger partial charge >= 0.3 is 5.97 Å². The van der Waals surface area contributed by atoms with E-state index in [1.165, 1.54) is 0 Å². The molecule has 1 N–H and O–H groups in total. The average Bonchev–Trinajstić information content (AvgIpc) is 3.81. The molecule has 0 bridgehead atoms. The minimum atomic E-state index is -0.920. The first-order chi connectivity index (χ1) is 17.9. The zero-order valence-corrected chi connectivity index (χ0v) is 21.9. The molecule has 1 heterocycles. The molecule has 6 rings (SSSR count). The molecule has 2 fully saturated rings. The molecule has 2 aliphatic rings. The number of hydrogen-bond donors (Lipinski definition) is 1. The summed E-state index contributed by atoms with van der Waals surface area (Å²) in [5.74, 6) is 1.37. The molecule has 3 aromatic carbocycles. The SMILES string of the molecule is O=C(O)c1cccc([C@H]2C[C@@H]2c2ccc(OCc3c(-c4c(Cl)cccc4Cl)noc3C3CC3)cc2Cl)c1. The van der Waals surface area contributed by atoms with E-state index in [1.807, 2.05) is 24.3 Å². The monoisotopic (exact) mass is 553 g/mol. The van der Waals surface area contributed by atoms with E-state index in [2.05, 4.69) is 5.16 Å². The van der Waals surface area contributed by atoms with Crippen molar-refractivity contribution in [3.05, 3.63) is 104 Å². The van der Waals surface area contributed by atoms with Crippen LogP contribution >= 0.6 is 34.8 Å². The Balaban J connectivity index is 1.21. The first kappa shape index (κ1) is 24.4. The number of carboxylic acid groups (broad SMARTS) is 1. The molecule has 0 unspecified atom stereocenters. The Morgan fingerprint density at radius 1 is 0.973 bits per heavy atom. The second kappa shape index (κ2) is 9.71. The number of halogens is 3. The van der Waals surface area contributed by atoms with Gasteiger partial charge in [-0.3, -0.25) is 0 Å². The summed E-state index contributed by atoms with van der Waals surface area (Å²) in [6.07, 6.45) is 3.03. The van der Waals surface area contributed by atoms with Crippen LogP contribution in [0.25, 0.3) is 11.3 Å². The maximum Gasteiger partial charge on any atom is 0.335 e. The van der Waals surface area contributed by atoms with E-state index >= 15 is 0 Å². The predicted octanol–water partition coefficient (Wildman–Crippen LogP) is 8.73. The van der Waals surface area contributed by atoms with Gasteiger partial charge in [-0.15, -0.1) is 0 Å². The predicted molar refractivity (Wildman–Crippen MR) is 143 cm³/mol. The topological polar surface area (TPSA) is 72.6 Å². The maximum absolute atomic E-state index is 11.3. The zero-order valence-electron chi connectivity index (χ0n) is 19.6. The smallest absolute Gasteiger partial charge is 0.335 e. The number of aromatic nitrogens is 1. The summed E-state index contributed by atoms with van der Waals surface area (Å²) in [5, 5.41) is 15.2. The molecule has 0 aliphatic heterocycles. The van der Waals surface area contributed by atoms with E-state index in [1.54, 1.807) is 36.4 Å². The molecule has 37 heavy (non-hydrogen) atoms. The lowest BCUT2D eigenvalue weighted by atomic mass is 10.0. The lowest BCUT2D eigenvalue weighted by Gasteiger charge is -2.11. The van der Waals surface area contributed by atoms with Gasteiger partial charge in [0.2, 0.25) is 0 Å². The largest absolute Gasteiger partial charge is 0.489 e. The molecule has 2 aliphatic carbocycles. The fraction of sp³-hybridized carbons (Fsp3) is 0.241. The van der Waals surface area contributed by atoms with Gasteiger partial charge in [-0.1, -0.05) is 64.2 Å². The second-order valence-electron chi connectivity index (χ2n) is 9.60. The molecular weight excluding hydrogens is 533 g/mol. The molecule has 1 aromatic heterocycles. The van der Waals surface area contributed by atoms with Crippen LogP contribution < -0.4 is 4.74 Å². The molecule has 0 saturated heterocycles. The van der Waals surface area contributed by atoms with Crippen LogP contribution in [0.15, 0.2) is 65.2 Å². The third-order valence-electron chi connectivity index (χ3n) is 7.07. The average molecular weight is 555 g/mol. The van der Waals surface area contributed by atoms with Gasteiger partial charge < -0.3 is 14.4 Å². The van der Waals surface area contributed by atoms with Crippen molar-refractivity contribution in [2.24, 2.45) is 0 Å². The second-order valence-corrected chi connectivity index (χ2v) is 10.8. The quantitative estimate of drug-likeness (QED) is 0.236. The number of carboxylic acids is 1. The molecule has 5 nitrogen and oxygen atoms in total. The highest BCUT2D eigenvalue weighted by Crippen LogP contribution is 2.56. The van der Waals surface area contributed by atoms with Gasteiger partial charge in [-0.25, -0.2) is 4.79 Å². The van der Waals surface area contributed by atoms with Crippen LogP contribution in [0.4, 0.5) is 0 Å². The number of ether oxygens (including phenoxy) is 1. The van der Waals surface area contributed by atoms with Gasteiger partial charge in [0.1, 0.15) is 23.8 Å². The first-order valence-corrected chi connectivity index (χ1v) is 13.2. The van der Waals surface area contributed by atoms with Gasteiger partial charge in [0.05, 0.1) is 21.2 Å². The van der Waals surface area contributed by atoms with Crippen LogP contribution in [0.1, 0.15) is 69.8 Å². The van der Waals surface area contributed by atoms with Crippen molar-refractivity contribution in [1.82, 2.24) is 5.16 Å². The Morgan fingerprint density at radius 2 is 1.73 bits per heavy atom. The van der Waals surface area contributed by atoms with Crippen molar-refractivity contribution < 1.29 is 19.2 Å². The third-order valence-corrected chi connectivity index (χ3v) is 8.03. The van der Waals surface area contributed by atoms with Crippen LogP contribution in [0.2, 0.25) is 15.1 Å². The molecule has 8 heteroatoms. The summed E-state index contributed by atoms with van der Waals surface area (Å²) in [7, 11) is 0. The maximum atomic E-state index is 11.3. The van der Waals surface area contributed by atoms with Gasteiger partial charge in [0, 0.05) is 16.5 Å². The summed E-state index contributed by atoms with van der Waals surface area (Å²) < 4.78 is 11.9. The Hall–Kier alpha value is -2.99. The molecular formula is C29H22Cl3NO4.